The van der Waals surface area contributed by atoms with Crippen LogP contribution in [0.25, 0.3) is 0 Å². The van der Waals surface area contributed by atoms with Gasteiger partial charge in [0.2, 0.25) is 5.75 Å². The van der Waals surface area contributed by atoms with E-state index in [2.05, 4.69) is 10.5 Å². The number of nitro groups is 3. The van der Waals surface area contributed by atoms with Crippen LogP contribution in [-0.4, -0.2) is 26.1 Å². The van der Waals surface area contributed by atoms with E-state index in [4.69, 9.17) is 0 Å². The van der Waals surface area contributed by atoms with Crippen molar-refractivity contribution < 1.29 is 19.9 Å². The first-order valence-electron chi connectivity index (χ1n) is 6.49. The maximum Gasteiger partial charge on any atom is 0.311 e. The number of nitrogens with zero attached hydrogens (tertiary/aromatic N) is 4. The van der Waals surface area contributed by atoms with E-state index in [1.807, 2.05) is 0 Å². The lowest BCUT2D eigenvalue weighted by molar-refractivity contribution is -0.393. The Morgan fingerprint density at radius 1 is 0.960 bits per heavy atom. The van der Waals surface area contributed by atoms with Crippen LogP contribution in [0.4, 0.5) is 22.7 Å². The second kappa shape index (κ2) is 6.99. The van der Waals surface area contributed by atoms with Crippen molar-refractivity contribution in [1.29, 1.82) is 0 Å². The molecule has 128 valence electrons. The molecule has 0 radical (unpaired) electrons. The molecule has 12 nitrogen and oxygen atoms in total. The van der Waals surface area contributed by atoms with Crippen molar-refractivity contribution >= 4 is 29.0 Å². The van der Waals surface area contributed by atoms with E-state index < -0.39 is 37.6 Å². The minimum Gasteiger partial charge on any atom is -0.502 e. The number of nitrogens with one attached hydrogen (secondary N) is 1. The molecule has 2 rings (SSSR count). The second-order valence-corrected chi connectivity index (χ2v) is 4.56. The van der Waals surface area contributed by atoms with Crippen LogP contribution in [-0.2, 0) is 0 Å². The van der Waals surface area contributed by atoms with Gasteiger partial charge in [0.1, 0.15) is 5.69 Å². The summed E-state index contributed by atoms with van der Waals surface area (Å²) < 4.78 is 0. The molecule has 0 heterocycles. The van der Waals surface area contributed by atoms with Gasteiger partial charge in [-0.05, 0) is 12.1 Å². The Morgan fingerprint density at radius 2 is 1.64 bits per heavy atom. The minimum atomic E-state index is -0.824. The molecule has 0 aliphatic carbocycles. The number of hydrogen-bond acceptors (Lipinski definition) is 9. The molecule has 0 bridgehead atoms. The molecule has 2 aromatic rings. The molecule has 2 N–H and O–H groups in total. The Hall–Kier alpha value is -4.09. The Bertz CT molecular complexity index is 896. The molecule has 0 aliphatic heterocycles. The first kappa shape index (κ1) is 17.3. The van der Waals surface area contributed by atoms with Crippen LogP contribution in [0.15, 0.2) is 41.5 Å². The molecule has 0 spiro atoms. The van der Waals surface area contributed by atoms with Crippen molar-refractivity contribution in [2.75, 3.05) is 5.43 Å². The molecule has 0 saturated carbocycles. The maximum absolute atomic E-state index is 11.0. The Morgan fingerprint density at radius 3 is 2.24 bits per heavy atom. The lowest BCUT2D eigenvalue weighted by Crippen LogP contribution is -1.99. The maximum atomic E-state index is 11.0. The summed E-state index contributed by atoms with van der Waals surface area (Å²) in [4.78, 5) is 30.0. The van der Waals surface area contributed by atoms with Crippen molar-refractivity contribution in [3.8, 4) is 5.75 Å². The molecule has 0 aromatic heterocycles. The van der Waals surface area contributed by atoms with Crippen molar-refractivity contribution in [3.05, 3.63) is 72.3 Å². The Balaban J connectivity index is 2.28. The van der Waals surface area contributed by atoms with Crippen LogP contribution < -0.4 is 5.43 Å². The largest absolute Gasteiger partial charge is 0.502 e. The van der Waals surface area contributed by atoms with Gasteiger partial charge in [-0.3, -0.25) is 35.8 Å². The summed E-state index contributed by atoms with van der Waals surface area (Å²) in [6.07, 6.45) is 1.02. The van der Waals surface area contributed by atoms with Crippen LogP contribution >= 0.6 is 0 Å². The summed E-state index contributed by atoms with van der Waals surface area (Å²) in [5.41, 5.74) is 0.629. The Kier molecular flexibility index (Phi) is 4.83. The van der Waals surface area contributed by atoms with Crippen LogP contribution in [0.2, 0.25) is 0 Å². The van der Waals surface area contributed by atoms with E-state index >= 15 is 0 Å². The molecule has 0 amide bonds. The van der Waals surface area contributed by atoms with E-state index in [1.54, 1.807) is 0 Å². The molecule has 0 saturated heterocycles. The molecule has 2 aromatic carbocycles. The number of nitro benzene ring substituents is 3. The third kappa shape index (κ3) is 3.82. The molecule has 25 heavy (non-hydrogen) atoms. The molecule has 12 heteroatoms. The van der Waals surface area contributed by atoms with Crippen LogP contribution in [0.5, 0.6) is 5.75 Å². The number of phenols is 1. The van der Waals surface area contributed by atoms with E-state index in [1.165, 1.54) is 12.1 Å². The average molecular weight is 347 g/mol. The first-order valence-corrected chi connectivity index (χ1v) is 6.49. The van der Waals surface area contributed by atoms with Crippen LogP contribution in [0.3, 0.4) is 0 Å². The topological polar surface area (TPSA) is 174 Å². The number of hydrazone groups is 1. The summed E-state index contributed by atoms with van der Waals surface area (Å²) in [5.74, 6) is -0.615. The number of rotatable bonds is 6. The number of non-ortho nitro benzene ring substituents is 1. The van der Waals surface area contributed by atoms with Gasteiger partial charge < -0.3 is 5.11 Å². The fourth-order valence-electron chi connectivity index (χ4n) is 1.85. The third-order valence-corrected chi connectivity index (χ3v) is 3.02. The zero-order chi connectivity index (χ0) is 18.6. The number of hydrogen-bond donors (Lipinski definition) is 2. The highest BCUT2D eigenvalue weighted by atomic mass is 16.6. The van der Waals surface area contributed by atoms with Crippen molar-refractivity contribution in [1.82, 2.24) is 0 Å². The van der Waals surface area contributed by atoms with Gasteiger partial charge in [0.05, 0.1) is 27.1 Å². The van der Waals surface area contributed by atoms with Crippen molar-refractivity contribution in [3.63, 3.8) is 0 Å². The number of benzene rings is 2. The van der Waals surface area contributed by atoms with Crippen LogP contribution in [0, 0.1) is 30.3 Å². The van der Waals surface area contributed by atoms with E-state index in [9.17, 15) is 35.4 Å². The standard InChI is InChI=1S/C13H9N5O7/c19-13-8(2-1-3-11(13)17(22)23)7-14-15-10-5-4-9(16(20)21)6-12(10)18(24)25/h1-7,15,19H. The number of para-hydroxylation sites is 1. The van der Waals surface area contributed by atoms with Crippen molar-refractivity contribution in [2.24, 2.45) is 5.10 Å². The SMILES string of the molecule is O=[N+]([O-])c1ccc(NN=Cc2cccc([N+](=O)[O-])c2O)c([N+](=O)[O-])c1. The normalized spacial score (nSPS) is 10.6. The molecule has 0 atom stereocenters. The summed E-state index contributed by atoms with van der Waals surface area (Å²) in [5, 5.41) is 45.8. The van der Waals surface area contributed by atoms with E-state index in [0.717, 1.165) is 30.5 Å². The number of phenolic OH excluding ortho intramolecular Hbond substituents is 1. The fourth-order valence-corrected chi connectivity index (χ4v) is 1.85. The highest BCUT2D eigenvalue weighted by molar-refractivity contribution is 5.86. The van der Waals surface area contributed by atoms with Gasteiger partial charge in [-0.1, -0.05) is 6.07 Å². The van der Waals surface area contributed by atoms with E-state index in [0.29, 0.717) is 0 Å². The highest BCUT2D eigenvalue weighted by Gasteiger charge is 2.19. The van der Waals surface area contributed by atoms with Gasteiger partial charge in [-0.25, -0.2) is 0 Å². The monoisotopic (exact) mass is 347 g/mol. The van der Waals surface area contributed by atoms with Gasteiger partial charge >= 0.3 is 11.4 Å². The second-order valence-electron chi connectivity index (χ2n) is 4.56. The molecular formula is C13H9N5O7. The molecule has 0 aliphatic rings. The van der Waals surface area contributed by atoms with Crippen molar-refractivity contribution in [2.45, 2.75) is 0 Å². The van der Waals surface area contributed by atoms with Gasteiger partial charge in [-0.2, -0.15) is 5.10 Å². The molecule has 0 fully saturated rings. The number of aromatic hydroxyl groups is 1. The van der Waals surface area contributed by atoms with E-state index in [-0.39, 0.29) is 11.3 Å². The van der Waals surface area contributed by atoms with Gasteiger partial charge in [0.25, 0.3) is 5.69 Å². The smallest absolute Gasteiger partial charge is 0.311 e. The zero-order valence-corrected chi connectivity index (χ0v) is 12.2. The summed E-state index contributed by atoms with van der Waals surface area (Å²) in [7, 11) is 0. The van der Waals surface area contributed by atoms with Gasteiger partial charge in [0, 0.05) is 17.7 Å². The Labute approximate surface area is 138 Å². The molecular weight excluding hydrogens is 338 g/mol. The predicted octanol–water partition coefficient (Wildman–Crippen LogP) is 2.56. The highest BCUT2D eigenvalue weighted by Crippen LogP contribution is 2.30. The van der Waals surface area contributed by atoms with Crippen LogP contribution in [0.1, 0.15) is 5.56 Å². The quantitative estimate of drug-likeness (QED) is 0.455. The minimum absolute atomic E-state index is 0.00580. The predicted molar refractivity (Wildman–Crippen MR) is 85.7 cm³/mol. The average Bonchev–Trinajstić information content (AvgIpc) is 2.56. The van der Waals surface area contributed by atoms with Gasteiger partial charge in [0.15, 0.2) is 0 Å². The lowest BCUT2D eigenvalue weighted by Gasteiger charge is -2.02. The summed E-state index contributed by atoms with van der Waals surface area (Å²) >= 11 is 0. The lowest BCUT2D eigenvalue weighted by atomic mass is 10.2. The number of anilines is 1. The first-order chi connectivity index (χ1) is 11.8. The fraction of sp³-hybridized carbons (Fsp3) is 0. The van der Waals surface area contributed by atoms with Gasteiger partial charge in [-0.15, -0.1) is 0 Å². The third-order valence-electron chi connectivity index (χ3n) is 3.02. The zero-order valence-electron chi connectivity index (χ0n) is 12.2. The summed E-state index contributed by atoms with van der Waals surface area (Å²) in [6, 6.07) is 6.69. The summed E-state index contributed by atoms with van der Waals surface area (Å²) in [6.45, 7) is 0. The molecule has 0 unspecified atom stereocenters.